The molecular formula is C15H14F3NO. The minimum Gasteiger partial charge on any atom is -0.405 e. The van der Waals surface area contributed by atoms with Crippen LogP contribution in [-0.4, -0.2) is 11.3 Å². The third-order valence-corrected chi connectivity index (χ3v) is 2.89. The maximum absolute atomic E-state index is 12.5. The molecular weight excluding hydrogens is 267 g/mol. The van der Waals surface area contributed by atoms with Crippen LogP contribution >= 0.6 is 0 Å². The van der Waals surface area contributed by atoms with Gasteiger partial charge in [0.1, 0.15) is 5.75 Å². The van der Waals surface area contributed by atoms with Crippen molar-refractivity contribution >= 4 is 0 Å². The summed E-state index contributed by atoms with van der Waals surface area (Å²) in [6, 6.07) is 8.04. The van der Waals surface area contributed by atoms with Gasteiger partial charge in [0.25, 0.3) is 0 Å². The average Bonchev–Trinajstić information content (AvgIpc) is 2.38. The van der Waals surface area contributed by atoms with Crippen LogP contribution in [0.2, 0.25) is 0 Å². The zero-order valence-corrected chi connectivity index (χ0v) is 11.1. The highest BCUT2D eigenvalue weighted by molar-refractivity contribution is 5.71. The Kier molecular flexibility index (Phi) is 3.97. The normalized spacial score (nSPS) is 11.7. The van der Waals surface area contributed by atoms with Gasteiger partial charge in [0.05, 0.1) is 0 Å². The van der Waals surface area contributed by atoms with E-state index in [1.165, 1.54) is 18.5 Å². The molecule has 2 rings (SSSR count). The Morgan fingerprint density at radius 3 is 2.25 bits per heavy atom. The summed E-state index contributed by atoms with van der Waals surface area (Å²) in [5, 5.41) is 0. The molecule has 5 heteroatoms. The first-order valence-electron chi connectivity index (χ1n) is 6.17. The van der Waals surface area contributed by atoms with E-state index >= 15 is 0 Å². The number of pyridine rings is 1. The van der Waals surface area contributed by atoms with Crippen LogP contribution in [-0.2, 0) is 0 Å². The minimum atomic E-state index is -4.71. The maximum atomic E-state index is 12.5. The van der Waals surface area contributed by atoms with Gasteiger partial charge in [-0.25, -0.2) is 0 Å². The van der Waals surface area contributed by atoms with Crippen LogP contribution in [0.3, 0.4) is 0 Å². The fraction of sp³-hybridized carbons (Fsp3) is 0.267. The van der Waals surface area contributed by atoms with E-state index in [1.807, 2.05) is 13.8 Å². The van der Waals surface area contributed by atoms with Gasteiger partial charge in [-0.1, -0.05) is 19.9 Å². The lowest BCUT2D eigenvalue weighted by Gasteiger charge is -2.16. The standard InChI is InChI=1S/C15H14F3NO/c1-10(2)12-3-4-14(20-15(16,17)18)13(9-12)11-5-7-19-8-6-11/h3-10H,1-2H3. The fourth-order valence-electron chi connectivity index (χ4n) is 1.88. The van der Waals surface area contributed by atoms with E-state index in [2.05, 4.69) is 9.72 Å². The van der Waals surface area contributed by atoms with Crippen molar-refractivity contribution in [1.29, 1.82) is 0 Å². The first-order valence-corrected chi connectivity index (χ1v) is 6.17. The fourth-order valence-corrected chi connectivity index (χ4v) is 1.88. The Hall–Kier alpha value is -2.04. The predicted octanol–water partition coefficient (Wildman–Crippen LogP) is 4.77. The van der Waals surface area contributed by atoms with E-state index in [1.54, 1.807) is 24.3 Å². The molecule has 0 amide bonds. The molecule has 106 valence electrons. The number of nitrogens with zero attached hydrogens (tertiary/aromatic N) is 1. The number of aromatic nitrogens is 1. The van der Waals surface area contributed by atoms with Crippen LogP contribution in [0.15, 0.2) is 42.7 Å². The summed E-state index contributed by atoms with van der Waals surface area (Å²) in [7, 11) is 0. The van der Waals surface area contributed by atoms with Crippen LogP contribution < -0.4 is 4.74 Å². The SMILES string of the molecule is CC(C)c1ccc(OC(F)(F)F)c(-c2ccncc2)c1. The van der Waals surface area contributed by atoms with Crippen molar-refractivity contribution in [2.75, 3.05) is 0 Å². The highest BCUT2D eigenvalue weighted by Crippen LogP contribution is 2.35. The Morgan fingerprint density at radius 2 is 1.70 bits per heavy atom. The molecule has 1 heterocycles. The third kappa shape index (κ3) is 3.50. The molecule has 20 heavy (non-hydrogen) atoms. The van der Waals surface area contributed by atoms with Crippen LogP contribution in [0.5, 0.6) is 5.75 Å². The molecule has 0 aliphatic carbocycles. The zero-order chi connectivity index (χ0) is 14.8. The van der Waals surface area contributed by atoms with Crippen LogP contribution in [0.25, 0.3) is 11.1 Å². The maximum Gasteiger partial charge on any atom is 0.573 e. The molecule has 0 fully saturated rings. The van der Waals surface area contributed by atoms with Gasteiger partial charge in [0.15, 0.2) is 0 Å². The summed E-state index contributed by atoms with van der Waals surface area (Å²) < 4.78 is 41.5. The predicted molar refractivity (Wildman–Crippen MR) is 70.4 cm³/mol. The monoisotopic (exact) mass is 281 g/mol. The zero-order valence-electron chi connectivity index (χ0n) is 11.1. The van der Waals surface area contributed by atoms with Gasteiger partial charge in [-0.05, 0) is 41.3 Å². The molecule has 0 atom stereocenters. The number of hydrogen-bond acceptors (Lipinski definition) is 2. The first kappa shape index (κ1) is 14.4. The molecule has 1 aromatic heterocycles. The molecule has 0 saturated heterocycles. The van der Waals surface area contributed by atoms with Crippen molar-refractivity contribution in [2.45, 2.75) is 26.1 Å². The van der Waals surface area contributed by atoms with Gasteiger partial charge in [-0.15, -0.1) is 13.2 Å². The molecule has 0 bridgehead atoms. The number of ether oxygens (including phenoxy) is 1. The highest BCUT2D eigenvalue weighted by Gasteiger charge is 2.32. The molecule has 0 aliphatic rings. The van der Waals surface area contributed by atoms with Crippen LogP contribution in [0.4, 0.5) is 13.2 Å². The number of hydrogen-bond donors (Lipinski definition) is 0. The minimum absolute atomic E-state index is 0.201. The molecule has 0 N–H and O–H groups in total. The van der Waals surface area contributed by atoms with E-state index in [4.69, 9.17) is 0 Å². The van der Waals surface area contributed by atoms with Gasteiger partial charge in [0.2, 0.25) is 0 Å². The Morgan fingerprint density at radius 1 is 1.05 bits per heavy atom. The van der Waals surface area contributed by atoms with E-state index in [0.717, 1.165) is 5.56 Å². The van der Waals surface area contributed by atoms with E-state index < -0.39 is 6.36 Å². The van der Waals surface area contributed by atoms with Gasteiger partial charge in [0, 0.05) is 18.0 Å². The summed E-state index contributed by atoms with van der Waals surface area (Å²) in [5.41, 5.74) is 2.00. The molecule has 2 aromatic rings. The van der Waals surface area contributed by atoms with E-state index in [0.29, 0.717) is 11.1 Å². The smallest absolute Gasteiger partial charge is 0.405 e. The van der Waals surface area contributed by atoms with Crippen molar-refractivity contribution in [1.82, 2.24) is 4.98 Å². The second-order valence-electron chi connectivity index (χ2n) is 4.69. The summed E-state index contributed by atoms with van der Waals surface area (Å²) >= 11 is 0. The lowest BCUT2D eigenvalue weighted by atomic mass is 9.97. The van der Waals surface area contributed by atoms with Crippen molar-refractivity contribution in [3.63, 3.8) is 0 Å². The topological polar surface area (TPSA) is 22.1 Å². The molecule has 0 spiro atoms. The van der Waals surface area contributed by atoms with Gasteiger partial charge >= 0.3 is 6.36 Å². The summed E-state index contributed by atoms with van der Waals surface area (Å²) in [4.78, 5) is 3.87. The summed E-state index contributed by atoms with van der Waals surface area (Å²) in [6.07, 6.45) is -1.63. The van der Waals surface area contributed by atoms with Crippen molar-refractivity contribution in [3.05, 3.63) is 48.3 Å². The van der Waals surface area contributed by atoms with Gasteiger partial charge < -0.3 is 4.74 Å². The largest absolute Gasteiger partial charge is 0.573 e. The molecule has 0 radical (unpaired) electrons. The summed E-state index contributed by atoms with van der Waals surface area (Å²) in [6.45, 7) is 3.96. The van der Waals surface area contributed by atoms with Crippen molar-refractivity contribution in [3.8, 4) is 16.9 Å². The van der Waals surface area contributed by atoms with E-state index in [9.17, 15) is 13.2 Å². The Balaban J connectivity index is 2.52. The molecule has 0 saturated carbocycles. The second kappa shape index (κ2) is 5.53. The van der Waals surface area contributed by atoms with E-state index in [-0.39, 0.29) is 11.7 Å². The van der Waals surface area contributed by atoms with Crippen molar-refractivity contribution in [2.24, 2.45) is 0 Å². The van der Waals surface area contributed by atoms with Gasteiger partial charge in [-0.2, -0.15) is 0 Å². The number of halogens is 3. The second-order valence-corrected chi connectivity index (χ2v) is 4.69. The number of benzene rings is 1. The van der Waals surface area contributed by atoms with Crippen LogP contribution in [0.1, 0.15) is 25.3 Å². The first-order chi connectivity index (χ1) is 9.37. The molecule has 0 unspecified atom stereocenters. The third-order valence-electron chi connectivity index (χ3n) is 2.89. The lowest BCUT2D eigenvalue weighted by molar-refractivity contribution is -0.274. The lowest BCUT2D eigenvalue weighted by Crippen LogP contribution is -2.17. The molecule has 0 aliphatic heterocycles. The highest BCUT2D eigenvalue weighted by atomic mass is 19.4. The van der Waals surface area contributed by atoms with Crippen molar-refractivity contribution < 1.29 is 17.9 Å². The van der Waals surface area contributed by atoms with Crippen LogP contribution in [0, 0.1) is 0 Å². The Labute approximate surface area is 115 Å². The van der Waals surface area contributed by atoms with Gasteiger partial charge in [-0.3, -0.25) is 4.98 Å². The Bertz CT molecular complexity index is 579. The summed E-state index contributed by atoms with van der Waals surface area (Å²) in [5.74, 6) is 0.0172. The average molecular weight is 281 g/mol. The molecule has 1 aromatic carbocycles. The molecule has 2 nitrogen and oxygen atoms in total. The number of rotatable bonds is 3. The quantitative estimate of drug-likeness (QED) is 0.808. The number of alkyl halides is 3.